The second-order valence-electron chi connectivity index (χ2n) is 5.15. The van der Waals surface area contributed by atoms with E-state index in [9.17, 15) is 4.79 Å². The molecule has 2 N–H and O–H groups in total. The summed E-state index contributed by atoms with van der Waals surface area (Å²) in [5.74, 6) is 0.717. The van der Waals surface area contributed by atoms with Crippen molar-refractivity contribution in [3.8, 4) is 0 Å². The number of aryl methyl sites for hydroxylation is 1. The van der Waals surface area contributed by atoms with Crippen LogP contribution in [0.4, 0.5) is 5.82 Å². The lowest BCUT2D eigenvalue weighted by Gasteiger charge is -2.11. The van der Waals surface area contributed by atoms with E-state index in [2.05, 4.69) is 27.4 Å². The molecule has 112 valence electrons. The van der Waals surface area contributed by atoms with Crippen molar-refractivity contribution in [1.82, 2.24) is 15.2 Å². The highest BCUT2D eigenvalue weighted by molar-refractivity contribution is 5.95. The third-order valence-corrected chi connectivity index (χ3v) is 2.97. The van der Waals surface area contributed by atoms with Crippen LogP contribution in [0.15, 0.2) is 12.1 Å². The van der Waals surface area contributed by atoms with E-state index in [0.717, 1.165) is 37.3 Å². The van der Waals surface area contributed by atoms with Crippen molar-refractivity contribution >= 4 is 11.7 Å². The van der Waals surface area contributed by atoms with Crippen molar-refractivity contribution in [3.05, 3.63) is 23.4 Å². The van der Waals surface area contributed by atoms with E-state index in [1.54, 1.807) is 6.07 Å². The Morgan fingerprint density at radius 1 is 1.35 bits per heavy atom. The summed E-state index contributed by atoms with van der Waals surface area (Å²) < 4.78 is 0. The number of rotatable bonds is 8. The summed E-state index contributed by atoms with van der Waals surface area (Å²) in [4.78, 5) is 18.7. The van der Waals surface area contributed by atoms with Crippen LogP contribution in [-0.4, -0.2) is 50.0 Å². The lowest BCUT2D eigenvalue weighted by molar-refractivity contribution is 0.0952. The van der Waals surface area contributed by atoms with Gasteiger partial charge in [0.1, 0.15) is 5.82 Å². The minimum atomic E-state index is -0.0278. The number of amides is 1. The molecule has 0 aliphatic carbocycles. The molecule has 0 aliphatic rings. The number of carbonyl (C=O) groups excluding carboxylic acids is 1. The fourth-order valence-electron chi connectivity index (χ4n) is 1.93. The summed E-state index contributed by atoms with van der Waals surface area (Å²) in [5.41, 5.74) is 1.63. The van der Waals surface area contributed by atoms with E-state index in [1.807, 2.05) is 27.2 Å². The van der Waals surface area contributed by atoms with Gasteiger partial charge in [0.15, 0.2) is 0 Å². The van der Waals surface area contributed by atoms with Crippen LogP contribution < -0.4 is 10.6 Å². The second-order valence-corrected chi connectivity index (χ2v) is 5.15. The maximum absolute atomic E-state index is 12.1. The fraction of sp³-hybridized carbons (Fsp3) is 0.600. The van der Waals surface area contributed by atoms with Crippen molar-refractivity contribution in [1.29, 1.82) is 0 Å². The van der Waals surface area contributed by atoms with Crippen LogP contribution in [0.3, 0.4) is 0 Å². The van der Waals surface area contributed by atoms with E-state index in [-0.39, 0.29) is 5.91 Å². The maximum atomic E-state index is 12.1. The van der Waals surface area contributed by atoms with Crippen molar-refractivity contribution in [2.45, 2.75) is 26.2 Å². The lowest BCUT2D eigenvalue weighted by Crippen LogP contribution is -2.27. The van der Waals surface area contributed by atoms with E-state index in [1.165, 1.54) is 0 Å². The molecule has 0 unspecified atom stereocenters. The van der Waals surface area contributed by atoms with Crippen LogP contribution in [0.2, 0.25) is 0 Å². The molecule has 1 aromatic heterocycles. The molecule has 0 fully saturated rings. The van der Waals surface area contributed by atoms with Crippen molar-refractivity contribution in [3.63, 3.8) is 0 Å². The van der Waals surface area contributed by atoms with Crippen LogP contribution in [0.5, 0.6) is 0 Å². The normalized spacial score (nSPS) is 10.7. The van der Waals surface area contributed by atoms with Gasteiger partial charge in [-0.05, 0) is 45.6 Å². The predicted octanol–water partition coefficient (Wildman–Crippen LogP) is 1.76. The monoisotopic (exact) mass is 278 g/mol. The molecule has 1 rings (SSSR count). The zero-order valence-corrected chi connectivity index (χ0v) is 13.0. The summed E-state index contributed by atoms with van der Waals surface area (Å²) in [6.07, 6.45) is 2.85. The molecule has 1 amide bonds. The molecule has 0 saturated heterocycles. The molecule has 0 aromatic carbocycles. The van der Waals surface area contributed by atoms with Crippen LogP contribution >= 0.6 is 0 Å². The Labute approximate surface area is 121 Å². The largest absolute Gasteiger partial charge is 0.373 e. The van der Waals surface area contributed by atoms with Gasteiger partial charge in [0.2, 0.25) is 0 Å². The number of carbonyl (C=O) groups is 1. The Kier molecular flexibility index (Phi) is 7.01. The predicted molar refractivity (Wildman–Crippen MR) is 83.3 cm³/mol. The zero-order valence-electron chi connectivity index (χ0n) is 13.0. The first-order valence-electron chi connectivity index (χ1n) is 7.18. The number of anilines is 1. The van der Waals surface area contributed by atoms with Crippen molar-refractivity contribution < 1.29 is 4.79 Å². The molecule has 0 radical (unpaired) electrons. The fourth-order valence-corrected chi connectivity index (χ4v) is 1.93. The van der Waals surface area contributed by atoms with Gasteiger partial charge in [0, 0.05) is 24.8 Å². The molecule has 1 heterocycles. The first-order chi connectivity index (χ1) is 9.56. The van der Waals surface area contributed by atoms with E-state index < -0.39 is 0 Å². The van der Waals surface area contributed by atoms with Gasteiger partial charge in [0.05, 0.1) is 0 Å². The lowest BCUT2D eigenvalue weighted by atomic mass is 10.1. The highest BCUT2D eigenvalue weighted by Gasteiger charge is 2.09. The molecular formula is C15H26N4O. The Morgan fingerprint density at radius 2 is 2.10 bits per heavy atom. The summed E-state index contributed by atoms with van der Waals surface area (Å²) in [6.45, 7) is 3.77. The number of aromatic nitrogens is 1. The van der Waals surface area contributed by atoms with Gasteiger partial charge in [-0.3, -0.25) is 4.79 Å². The number of nitrogens with one attached hydrogen (secondary N) is 2. The number of nitrogens with zero attached hydrogens (tertiary/aromatic N) is 2. The maximum Gasteiger partial charge on any atom is 0.251 e. The summed E-state index contributed by atoms with van der Waals surface area (Å²) in [6, 6.07) is 3.67. The zero-order chi connectivity index (χ0) is 15.0. The number of hydrogen-bond donors (Lipinski definition) is 2. The highest BCUT2D eigenvalue weighted by atomic mass is 16.1. The number of hydrogen-bond acceptors (Lipinski definition) is 4. The minimum absolute atomic E-state index is 0.0278. The smallest absolute Gasteiger partial charge is 0.251 e. The first-order valence-corrected chi connectivity index (χ1v) is 7.18. The van der Waals surface area contributed by atoms with Gasteiger partial charge < -0.3 is 15.5 Å². The molecule has 0 saturated carbocycles. The van der Waals surface area contributed by atoms with E-state index in [0.29, 0.717) is 12.1 Å². The topological polar surface area (TPSA) is 57.3 Å². The quantitative estimate of drug-likeness (QED) is 0.711. The molecule has 5 nitrogen and oxygen atoms in total. The Morgan fingerprint density at radius 3 is 2.70 bits per heavy atom. The van der Waals surface area contributed by atoms with E-state index in [4.69, 9.17) is 0 Å². The SMILES string of the molecule is CCCc1cc(C(=O)NCCCN(C)C)cc(NC)n1. The third kappa shape index (κ3) is 5.57. The minimum Gasteiger partial charge on any atom is -0.373 e. The summed E-state index contributed by atoms with van der Waals surface area (Å²) in [5, 5.41) is 5.96. The van der Waals surface area contributed by atoms with Crippen LogP contribution in [-0.2, 0) is 6.42 Å². The Balaban J connectivity index is 2.64. The van der Waals surface area contributed by atoms with Crippen LogP contribution in [0.25, 0.3) is 0 Å². The molecule has 0 atom stereocenters. The van der Waals surface area contributed by atoms with Crippen molar-refractivity contribution in [2.24, 2.45) is 0 Å². The van der Waals surface area contributed by atoms with E-state index >= 15 is 0 Å². The Bertz CT molecular complexity index is 432. The average Bonchev–Trinajstić information content (AvgIpc) is 2.43. The van der Waals surface area contributed by atoms with Gasteiger partial charge in [-0.25, -0.2) is 4.98 Å². The molecule has 0 aliphatic heterocycles. The van der Waals surface area contributed by atoms with Gasteiger partial charge in [-0.2, -0.15) is 0 Å². The summed E-state index contributed by atoms with van der Waals surface area (Å²) >= 11 is 0. The number of pyridine rings is 1. The molecule has 5 heteroatoms. The molecule has 20 heavy (non-hydrogen) atoms. The second kappa shape index (κ2) is 8.53. The van der Waals surface area contributed by atoms with Crippen LogP contribution in [0.1, 0.15) is 35.8 Å². The third-order valence-electron chi connectivity index (χ3n) is 2.97. The van der Waals surface area contributed by atoms with Crippen LogP contribution in [0, 0.1) is 0 Å². The standard InChI is InChI=1S/C15H26N4O/c1-5-7-13-10-12(11-14(16-2)18-13)15(20)17-8-6-9-19(3)4/h10-11H,5-9H2,1-4H3,(H,16,18)(H,17,20). The molecule has 1 aromatic rings. The molecule has 0 spiro atoms. The molecular weight excluding hydrogens is 252 g/mol. The molecule has 0 bridgehead atoms. The first kappa shape index (κ1) is 16.4. The van der Waals surface area contributed by atoms with Gasteiger partial charge in [0.25, 0.3) is 5.91 Å². The highest BCUT2D eigenvalue weighted by Crippen LogP contribution is 2.11. The summed E-state index contributed by atoms with van der Waals surface area (Å²) in [7, 11) is 5.87. The Hall–Kier alpha value is -1.62. The average molecular weight is 278 g/mol. The van der Waals surface area contributed by atoms with Gasteiger partial charge in [-0.1, -0.05) is 13.3 Å². The van der Waals surface area contributed by atoms with Gasteiger partial charge >= 0.3 is 0 Å². The van der Waals surface area contributed by atoms with Crippen molar-refractivity contribution in [2.75, 3.05) is 39.5 Å². The van der Waals surface area contributed by atoms with Gasteiger partial charge in [-0.15, -0.1) is 0 Å².